The summed E-state index contributed by atoms with van der Waals surface area (Å²) in [6.45, 7) is 2.18. The van der Waals surface area contributed by atoms with Gasteiger partial charge in [0, 0.05) is 7.05 Å². The van der Waals surface area contributed by atoms with E-state index in [0.29, 0.717) is 0 Å². The molecule has 0 fully saturated rings. The van der Waals surface area contributed by atoms with Crippen LogP contribution >= 0.6 is 0 Å². The van der Waals surface area contributed by atoms with Gasteiger partial charge in [-0.25, -0.2) is 0 Å². The van der Waals surface area contributed by atoms with Crippen LogP contribution in [0.1, 0.15) is 5.56 Å². The van der Waals surface area contributed by atoms with E-state index in [1.54, 1.807) is 11.9 Å². The zero-order valence-electron chi connectivity index (χ0n) is 11.0. The standard InChI is InChI=1S/C16H15NO2/c1-11-3-5-12(6-4-11)13-7-8-15-14(9-13)17(2)16(18)10-19-15/h3-9H,10H2,1-2H3. The van der Waals surface area contributed by atoms with E-state index in [0.717, 1.165) is 22.6 Å². The van der Waals surface area contributed by atoms with Gasteiger partial charge >= 0.3 is 0 Å². The smallest absolute Gasteiger partial charge is 0.264 e. The molecule has 3 nitrogen and oxygen atoms in total. The molecule has 0 radical (unpaired) electrons. The van der Waals surface area contributed by atoms with Crippen molar-refractivity contribution in [3.8, 4) is 16.9 Å². The maximum Gasteiger partial charge on any atom is 0.264 e. The summed E-state index contributed by atoms with van der Waals surface area (Å²) < 4.78 is 5.42. The predicted molar refractivity (Wildman–Crippen MR) is 75.5 cm³/mol. The molecule has 0 aliphatic carbocycles. The van der Waals surface area contributed by atoms with Crippen LogP contribution in [-0.4, -0.2) is 19.6 Å². The third-order valence-electron chi connectivity index (χ3n) is 3.43. The largest absolute Gasteiger partial charge is 0.482 e. The van der Waals surface area contributed by atoms with Crippen LogP contribution in [0.15, 0.2) is 42.5 Å². The fourth-order valence-electron chi connectivity index (χ4n) is 2.20. The summed E-state index contributed by atoms with van der Waals surface area (Å²) in [4.78, 5) is 13.3. The van der Waals surface area contributed by atoms with Gasteiger partial charge in [-0.3, -0.25) is 4.79 Å². The van der Waals surface area contributed by atoms with E-state index in [2.05, 4.69) is 31.2 Å². The average Bonchev–Trinajstić information content (AvgIpc) is 2.44. The highest BCUT2D eigenvalue weighted by Gasteiger charge is 2.22. The number of hydrogen-bond donors (Lipinski definition) is 0. The van der Waals surface area contributed by atoms with Gasteiger partial charge in [-0.15, -0.1) is 0 Å². The van der Waals surface area contributed by atoms with Crippen LogP contribution in [0.25, 0.3) is 11.1 Å². The molecule has 0 unspecified atom stereocenters. The van der Waals surface area contributed by atoms with Crippen molar-refractivity contribution in [1.82, 2.24) is 0 Å². The molecule has 0 aromatic heterocycles. The number of nitrogens with zero attached hydrogens (tertiary/aromatic N) is 1. The number of rotatable bonds is 1. The maximum atomic E-state index is 11.7. The molecular formula is C16H15NO2. The van der Waals surface area contributed by atoms with Gasteiger partial charge in [-0.05, 0) is 30.2 Å². The van der Waals surface area contributed by atoms with E-state index in [1.807, 2.05) is 18.2 Å². The van der Waals surface area contributed by atoms with Gasteiger partial charge in [0.2, 0.25) is 0 Å². The molecule has 0 saturated heterocycles. The highest BCUT2D eigenvalue weighted by atomic mass is 16.5. The Labute approximate surface area is 112 Å². The second-order valence-corrected chi connectivity index (χ2v) is 4.79. The first kappa shape index (κ1) is 11.8. The molecule has 0 atom stereocenters. The quantitative estimate of drug-likeness (QED) is 0.782. The maximum absolute atomic E-state index is 11.7. The Morgan fingerprint density at radius 3 is 2.47 bits per heavy atom. The normalized spacial score (nSPS) is 14.0. The third-order valence-corrected chi connectivity index (χ3v) is 3.43. The molecule has 1 aliphatic rings. The number of aryl methyl sites for hydroxylation is 1. The first-order valence-electron chi connectivity index (χ1n) is 6.25. The summed E-state index contributed by atoms with van der Waals surface area (Å²) in [6.07, 6.45) is 0. The van der Waals surface area contributed by atoms with Crippen molar-refractivity contribution >= 4 is 11.6 Å². The van der Waals surface area contributed by atoms with E-state index in [-0.39, 0.29) is 12.5 Å². The predicted octanol–water partition coefficient (Wildman–Crippen LogP) is 3.02. The molecule has 0 saturated carbocycles. The number of benzene rings is 2. The van der Waals surface area contributed by atoms with Crippen molar-refractivity contribution < 1.29 is 9.53 Å². The Hall–Kier alpha value is -2.29. The fourth-order valence-corrected chi connectivity index (χ4v) is 2.20. The van der Waals surface area contributed by atoms with Gasteiger partial charge in [0.1, 0.15) is 5.75 Å². The van der Waals surface area contributed by atoms with Crippen LogP contribution in [-0.2, 0) is 4.79 Å². The SMILES string of the molecule is Cc1ccc(-c2ccc3c(c2)N(C)C(=O)CO3)cc1. The molecule has 3 heteroatoms. The Balaban J connectivity index is 2.05. The zero-order chi connectivity index (χ0) is 13.4. The van der Waals surface area contributed by atoms with Gasteiger partial charge in [-0.1, -0.05) is 35.9 Å². The molecule has 0 N–H and O–H groups in total. The van der Waals surface area contributed by atoms with Crippen molar-refractivity contribution in [2.75, 3.05) is 18.6 Å². The van der Waals surface area contributed by atoms with Gasteiger partial charge in [-0.2, -0.15) is 0 Å². The zero-order valence-corrected chi connectivity index (χ0v) is 11.0. The minimum atomic E-state index is -0.0199. The highest BCUT2D eigenvalue weighted by Crippen LogP contribution is 2.35. The van der Waals surface area contributed by atoms with Crippen LogP contribution < -0.4 is 9.64 Å². The lowest BCUT2D eigenvalue weighted by molar-refractivity contribution is -0.120. The monoisotopic (exact) mass is 253 g/mol. The number of anilines is 1. The van der Waals surface area contributed by atoms with Gasteiger partial charge in [0.05, 0.1) is 5.69 Å². The Morgan fingerprint density at radius 1 is 1.05 bits per heavy atom. The van der Waals surface area contributed by atoms with Gasteiger partial charge in [0.15, 0.2) is 6.61 Å². The Kier molecular flexibility index (Phi) is 2.75. The van der Waals surface area contributed by atoms with Gasteiger partial charge in [0.25, 0.3) is 5.91 Å². The second kappa shape index (κ2) is 4.43. The molecule has 3 rings (SSSR count). The summed E-state index contributed by atoms with van der Waals surface area (Å²) in [5, 5.41) is 0. The molecule has 96 valence electrons. The summed E-state index contributed by atoms with van der Waals surface area (Å²) in [6, 6.07) is 14.3. The minimum Gasteiger partial charge on any atom is -0.482 e. The highest BCUT2D eigenvalue weighted by molar-refractivity contribution is 5.98. The first-order chi connectivity index (χ1) is 9.15. The molecule has 0 bridgehead atoms. The number of hydrogen-bond acceptors (Lipinski definition) is 2. The van der Waals surface area contributed by atoms with Gasteiger partial charge < -0.3 is 9.64 Å². The minimum absolute atomic E-state index is 0.0199. The number of likely N-dealkylation sites (N-methyl/N-ethyl adjacent to an activating group) is 1. The van der Waals surface area contributed by atoms with Crippen LogP contribution in [0.5, 0.6) is 5.75 Å². The van der Waals surface area contributed by atoms with Crippen molar-refractivity contribution in [1.29, 1.82) is 0 Å². The van der Waals surface area contributed by atoms with Crippen LogP contribution in [0.3, 0.4) is 0 Å². The molecule has 1 aliphatic heterocycles. The topological polar surface area (TPSA) is 29.5 Å². The van der Waals surface area contributed by atoms with E-state index < -0.39 is 0 Å². The van der Waals surface area contributed by atoms with E-state index in [9.17, 15) is 4.79 Å². The second-order valence-electron chi connectivity index (χ2n) is 4.79. The van der Waals surface area contributed by atoms with Crippen LogP contribution in [0, 0.1) is 6.92 Å². The Morgan fingerprint density at radius 2 is 1.74 bits per heavy atom. The summed E-state index contributed by atoms with van der Waals surface area (Å²) >= 11 is 0. The average molecular weight is 253 g/mol. The molecule has 0 spiro atoms. The van der Waals surface area contributed by atoms with E-state index in [1.165, 1.54) is 5.56 Å². The first-order valence-corrected chi connectivity index (χ1v) is 6.25. The van der Waals surface area contributed by atoms with E-state index in [4.69, 9.17) is 4.74 Å². The lowest BCUT2D eigenvalue weighted by atomic mass is 10.0. The van der Waals surface area contributed by atoms with Crippen molar-refractivity contribution in [2.45, 2.75) is 6.92 Å². The van der Waals surface area contributed by atoms with E-state index >= 15 is 0 Å². The summed E-state index contributed by atoms with van der Waals surface area (Å²) in [7, 11) is 1.78. The molecule has 19 heavy (non-hydrogen) atoms. The molecule has 1 heterocycles. The third kappa shape index (κ3) is 2.08. The van der Waals surface area contributed by atoms with Crippen molar-refractivity contribution in [3.05, 3.63) is 48.0 Å². The Bertz CT molecular complexity index is 632. The number of carbonyl (C=O) groups excluding carboxylic acids is 1. The molecule has 2 aromatic carbocycles. The molecular weight excluding hydrogens is 238 g/mol. The lowest BCUT2D eigenvalue weighted by Gasteiger charge is -2.26. The number of amides is 1. The number of carbonyl (C=O) groups is 1. The summed E-state index contributed by atoms with van der Waals surface area (Å²) in [5.74, 6) is 0.742. The lowest BCUT2D eigenvalue weighted by Crippen LogP contribution is -2.35. The molecule has 1 amide bonds. The van der Waals surface area contributed by atoms with Crippen molar-refractivity contribution in [2.24, 2.45) is 0 Å². The number of fused-ring (bicyclic) bond motifs is 1. The van der Waals surface area contributed by atoms with Crippen LogP contribution in [0.4, 0.5) is 5.69 Å². The number of ether oxygens (including phenoxy) is 1. The van der Waals surface area contributed by atoms with Crippen molar-refractivity contribution in [3.63, 3.8) is 0 Å². The summed E-state index contributed by atoms with van der Waals surface area (Å²) in [5.41, 5.74) is 4.29. The molecule has 2 aromatic rings. The fraction of sp³-hybridized carbons (Fsp3) is 0.188. The van der Waals surface area contributed by atoms with Crippen LogP contribution in [0.2, 0.25) is 0 Å².